The third-order valence-electron chi connectivity index (χ3n) is 2.91. The number of aromatic carboxylic acids is 1. The van der Waals surface area contributed by atoms with Gasteiger partial charge in [0.15, 0.2) is 5.69 Å². The largest absolute Gasteiger partial charge is 0.476 e. The summed E-state index contributed by atoms with van der Waals surface area (Å²) in [5.41, 5.74) is 0.0788. The molecule has 6 heteroatoms. The molecular weight excluding hydrogens is 252 g/mol. The predicted molar refractivity (Wildman–Crippen MR) is 67.7 cm³/mol. The van der Waals surface area contributed by atoms with Gasteiger partial charge < -0.3 is 10.4 Å². The highest BCUT2D eigenvalue weighted by atomic mass is 32.1. The average molecular weight is 268 g/mol. The Bertz CT molecular complexity index is 440. The summed E-state index contributed by atoms with van der Waals surface area (Å²) in [6.45, 7) is 0.524. The second kappa shape index (κ2) is 5.95. The van der Waals surface area contributed by atoms with E-state index in [9.17, 15) is 9.59 Å². The van der Waals surface area contributed by atoms with E-state index in [1.165, 1.54) is 29.6 Å². The minimum atomic E-state index is -1.01. The van der Waals surface area contributed by atoms with Crippen molar-refractivity contribution in [3.63, 3.8) is 0 Å². The number of carboxylic acid groups (broad SMARTS) is 1. The fourth-order valence-corrected chi connectivity index (χ4v) is 2.44. The maximum Gasteiger partial charge on any atom is 0.355 e. The molecule has 0 aliphatic heterocycles. The van der Waals surface area contributed by atoms with Gasteiger partial charge >= 0.3 is 5.97 Å². The third-order valence-corrected chi connectivity index (χ3v) is 3.82. The number of carbonyl (C=O) groups excluding carboxylic acids is 1. The van der Waals surface area contributed by atoms with Crippen LogP contribution in [-0.2, 0) is 11.2 Å². The third kappa shape index (κ3) is 4.10. The number of nitrogens with one attached hydrogen (secondary N) is 1. The monoisotopic (exact) mass is 268 g/mol. The first-order valence-corrected chi connectivity index (χ1v) is 6.97. The number of carbonyl (C=O) groups is 2. The summed E-state index contributed by atoms with van der Waals surface area (Å²) >= 11 is 1.31. The molecule has 1 amide bonds. The summed E-state index contributed by atoms with van der Waals surface area (Å²) in [5.74, 6) is -0.157. The Balaban J connectivity index is 1.64. The lowest BCUT2D eigenvalue weighted by Gasteiger charge is -2.02. The number of rotatable bonds is 7. The molecule has 0 aromatic carbocycles. The molecule has 0 bridgehead atoms. The fraction of sp³-hybridized carbons (Fsp3) is 0.583. The molecule has 18 heavy (non-hydrogen) atoms. The van der Waals surface area contributed by atoms with Gasteiger partial charge in [0, 0.05) is 24.8 Å². The molecular formula is C12H16N2O3S. The van der Waals surface area contributed by atoms with Crippen molar-refractivity contribution in [3.05, 3.63) is 16.1 Å². The van der Waals surface area contributed by atoms with Crippen LogP contribution >= 0.6 is 11.3 Å². The molecule has 1 heterocycles. The lowest BCUT2D eigenvalue weighted by molar-refractivity contribution is -0.121. The van der Waals surface area contributed by atoms with Crippen LogP contribution in [0.2, 0.25) is 0 Å². The summed E-state index contributed by atoms with van der Waals surface area (Å²) in [6.07, 6.45) is 4.72. The second-order valence-corrected chi connectivity index (χ2v) is 5.46. The number of amides is 1. The molecule has 0 unspecified atom stereocenters. The van der Waals surface area contributed by atoms with Crippen LogP contribution in [0.3, 0.4) is 0 Å². The summed E-state index contributed by atoms with van der Waals surface area (Å²) in [4.78, 5) is 26.0. The van der Waals surface area contributed by atoms with Gasteiger partial charge in [0.2, 0.25) is 5.91 Å². The maximum atomic E-state index is 11.5. The molecule has 5 nitrogen and oxygen atoms in total. The van der Waals surface area contributed by atoms with Gasteiger partial charge in [0.05, 0.1) is 5.01 Å². The van der Waals surface area contributed by atoms with Gasteiger partial charge in [-0.1, -0.05) is 12.8 Å². The Morgan fingerprint density at radius 3 is 2.89 bits per heavy atom. The molecule has 1 saturated carbocycles. The van der Waals surface area contributed by atoms with Crippen LogP contribution in [0.15, 0.2) is 5.38 Å². The van der Waals surface area contributed by atoms with E-state index in [2.05, 4.69) is 10.3 Å². The number of hydrogen-bond acceptors (Lipinski definition) is 4. The van der Waals surface area contributed by atoms with Crippen LogP contribution in [0.1, 0.15) is 41.2 Å². The van der Waals surface area contributed by atoms with Crippen molar-refractivity contribution < 1.29 is 14.7 Å². The molecule has 0 radical (unpaired) electrons. The van der Waals surface area contributed by atoms with Crippen molar-refractivity contribution in [2.24, 2.45) is 5.92 Å². The molecule has 1 aromatic rings. The zero-order valence-electron chi connectivity index (χ0n) is 10.0. The number of carboxylic acids is 1. The van der Waals surface area contributed by atoms with Crippen LogP contribution in [0.25, 0.3) is 0 Å². The van der Waals surface area contributed by atoms with Gasteiger partial charge in [-0.05, 0) is 12.3 Å². The Morgan fingerprint density at radius 2 is 2.28 bits per heavy atom. The molecule has 0 spiro atoms. The van der Waals surface area contributed by atoms with E-state index in [0.29, 0.717) is 19.4 Å². The van der Waals surface area contributed by atoms with Crippen LogP contribution in [0.4, 0.5) is 0 Å². The van der Waals surface area contributed by atoms with E-state index in [1.807, 2.05) is 0 Å². The smallest absolute Gasteiger partial charge is 0.355 e. The summed E-state index contributed by atoms with van der Waals surface area (Å²) < 4.78 is 0. The van der Waals surface area contributed by atoms with E-state index >= 15 is 0 Å². The van der Waals surface area contributed by atoms with Crippen LogP contribution in [0.5, 0.6) is 0 Å². The fourth-order valence-electron chi connectivity index (χ4n) is 1.66. The molecule has 2 N–H and O–H groups in total. The minimum absolute atomic E-state index is 0.0788. The number of aromatic nitrogens is 1. The van der Waals surface area contributed by atoms with Crippen LogP contribution < -0.4 is 5.32 Å². The van der Waals surface area contributed by atoms with Crippen molar-refractivity contribution in [2.45, 2.75) is 32.1 Å². The number of nitrogens with zero attached hydrogens (tertiary/aromatic N) is 1. The Kier molecular flexibility index (Phi) is 4.30. The van der Waals surface area contributed by atoms with Crippen molar-refractivity contribution >= 4 is 23.2 Å². The van der Waals surface area contributed by atoms with Crippen molar-refractivity contribution in [1.82, 2.24) is 10.3 Å². The minimum Gasteiger partial charge on any atom is -0.476 e. The molecule has 0 saturated heterocycles. The van der Waals surface area contributed by atoms with Gasteiger partial charge in [-0.25, -0.2) is 9.78 Å². The molecule has 0 atom stereocenters. The first kappa shape index (κ1) is 13.0. The van der Waals surface area contributed by atoms with E-state index in [1.54, 1.807) is 0 Å². The molecule has 1 aliphatic carbocycles. The highest BCUT2D eigenvalue weighted by Gasteiger charge is 2.21. The molecule has 2 rings (SSSR count). The number of hydrogen-bond donors (Lipinski definition) is 2. The molecule has 1 aromatic heterocycles. The van der Waals surface area contributed by atoms with Gasteiger partial charge in [0.25, 0.3) is 0 Å². The zero-order valence-corrected chi connectivity index (χ0v) is 10.8. The zero-order chi connectivity index (χ0) is 13.0. The normalized spacial score (nSPS) is 14.4. The predicted octanol–water partition coefficient (Wildman–Crippen LogP) is 1.69. The van der Waals surface area contributed by atoms with Crippen LogP contribution in [0, 0.1) is 5.92 Å². The molecule has 1 aliphatic rings. The van der Waals surface area contributed by atoms with Crippen molar-refractivity contribution in [1.29, 1.82) is 0 Å². The van der Waals surface area contributed by atoms with E-state index < -0.39 is 5.97 Å². The first-order chi connectivity index (χ1) is 8.65. The Labute approximate surface area is 109 Å². The standard InChI is InChI=1S/C12H16N2O3S/c15-10(4-3-8-1-2-8)13-6-5-11-14-9(7-18-11)12(16)17/h7-8H,1-6H2,(H,13,15)(H,16,17). The topological polar surface area (TPSA) is 79.3 Å². The molecule has 1 fully saturated rings. The van der Waals surface area contributed by atoms with E-state index in [0.717, 1.165) is 17.3 Å². The first-order valence-electron chi connectivity index (χ1n) is 6.09. The number of thiazole rings is 1. The van der Waals surface area contributed by atoms with Crippen molar-refractivity contribution in [3.8, 4) is 0 Å². The van der Waals surface area contributed by atoms with Gasteiger partial charge in [-0.15, -0.1) is 11.3 Å². The van der Waals surface area contributed by atoms with E-state index in [4.69, 9.17) is 5.11 Å². The quantitative estimate of drug-likeness (QED) is 0.788. The highest BCUT2D eigenvalue weighted by molar-refractivity contribution is 7.09. The Hall–Kier alpha value is -1.43. The highest BCUT2D eigenvalue weighted by Crippen LogP contribution is 2.33. The van der Waals surface area contributed by atoms with Crippen LogP contribution in [-0.4, -0.2) is 28.5 Å². The maximum absolute atomic E-state index is 11.5. The second-order valence-electron chi connectivity index (χ2n) is 4.51. The SMILES string of the molecule is O=C(CCC1CC1)NCCc1nc(C(=O)O)cs1. The van der Waals surface area contributed by atoms with E-state index in [-0.39, 0.29) is 11.6 Å². The van der Waals surface area contributed by atoms with Gasteiger partial charge in [0.1, 0.15) is 0 Å². The summed E-state index contributed by atoms with van der Waals surface area (Å²) in [6, 6.07) is 0. The summed E-state index contributed by atoms with van der Waals surface area (Å²) in [7, 11) is 0. The average Bonchev–Trinajstić information content (AvgIpc) is 3.04. The van der Waals surface area contributed by atoms with Gasteiger partial charge in [-0.2, -0.15) is 0 Å². The van der Waals surface area contributed by atoms with Crippen molar-refractivity contribution in [2.75, 3.05) is 6.54 Å². The Morgan fingerprint density at radius 1 is 1.50 bits per heavy atom. The van der Waals surface area contributed by atoms with Gasteiger partial charge in [-0.3, -0.25) is 4.79 Å². The molecule has 98 valence electrons. The lowest BCUT2D eigenvalue weighted by Crippen LogP contribution is -2.25. The summed E-state index contributed by atoms with van der Waals surface area (Å²) in [5, 5.41) is 13.8. The lowest BCUT2D eigenvalue weighted by atomic mass is 10.2.